The van der Waals surface area contributed by atoms with Gasteiger partial charge in [0.2, 0.25) is 0 Å². The molecule has 0 aliphatic heterocycles. The third-order valence-electron chi connectivity index (χ3n) is 2.15. The van der Waals surface area contributed by atoms with Crippen LogP contribution in [0.4, 0.5) is 13.2 Å². The third kappa shape index (κ3) is 2.65. The number of ether oxygens (including phenoxy) is 1. The molecule has 0 bridgehead atoms. The molecule has 0 radical (unpaired) electrons. The number of rotatable bonds is 3. The Bertz CT molecular complexity index is 366. The summed E-state index contributed by atoms with van der Waals surface area (Å²) in [5.41, 5.74) is 4.77. The molecule has 0 aliphatic rings. The van der Waals surface area contributed by atoms with Crippen LogP contribution in [0.25, 0.3) is 0 Å². The van der Waals surface area contributed by atoms with Gasteiger partial charge in [-0.05, 0) is 17.7 Å². The molecule has 0 spiro atoms. The van der Waals surface area contributed by atoms with Crippen molar-refractivity contribution in [1.29, 1.82) is 0 Å². The molecule has 1 atom stereocenters. The van der Waals surface area contributed by atoms with Crippen LogP contribution in [0, 0.1) is 0 Å². The summed E-state index contributed by atoms with van der Waals surface area (Å²) in [5, 5.41) is 8.77. The number of benzene rings is 1. The van der Waals surface area contributed by atoms with Gasteiger partial charge in [-0.1, -0.05) is 6.07 Å². The number of aliphatic hydroxyl groups is 1. The topological polar surface area (TPSA) is 55.5 Å². The average molecular weight is 235 g/mol. The SMILES string of the molecule is COc1ccc([C@@H](N)CO)cc1C(F)(F)F. The van der Waals surface area contributed by atoms with E-state index >= 15 is 0 Å². The van der Waals surface area contributed by atoms with Gasteiger partial charge in [0.05, 0.1) is 25.3 Å². The number of aliphatic hydroxyl groups excluding tert-OH is 1. The van der Waals surface area contributed by atoms with E-state index in [1.807, 2.05) is 0 Å². The second-order valence-corrected chi connectivity index (χ2v) is 3.25. The van der Waals surface area contributed by atoms with Crippen molar-refractivity contribution in [2.45, 2.75) is 12.2 Å². The molecule has 16 heavy (non-hydrogen) atoms. The Balaban J connectivity index is 3.22. The van der Waals surface area contributed by atoms with Gasteiger partial charge in [0, 0.05) is 0 Å². The molecule has 0 saturated heterocycles. The number of methoxy groups -OCH3 is 1. The molecule has 90 valence electrons. The van der Waals surface area contributed by atoms with Crippen LogP contribution in [0.15, 0.2) is 18.2 Å². The molecule has 1 aromatic carbocycles. The standard InChI is InChI=1S/C10H12F3NO2/c1-16-9-3-2-6(8(14)5-15)4-7(9)10(11,12)13/h2-4,8,15H,5,14H2,1H3/t8-/m0/s1. The first-order chi connectivity index (χ1) is 7.40. The van der Waals surface area contributed by atoms with E-state index in [0.29, 0.717) is 0 Å². The van der Waals surface area contributed by atoms with E-state index < -0.39 is 24.4 Å². The van der Waals surface area contributed by atoms with Gasteiger partial charge in [0.1, 0.15) is 5.75 Å². The van der Waals surface area contributed by atoms with E-state index in [4.69, 9.17) is 10.8 Å². The number of nitrogens with two attached hydrogens (primary N) is 1. The van der Waals surface area contributed by atoms with E-state index in [9.17, 15) is 13.2 Å². The maximum Gasteiger partial charge on any atom is 0.419 e. The Morgan fingerprint density at radius 3 is 2.50 bits per heavy atom. The molecular formula is C10H12F3NO2. The van der Waals surface area contributed by atoms with Crippen molar-refractivity contribution in [3.8, 4) is 5.75 Å². The maximum atomic E-state index is 12.6. The van der Waals surface area contributed by atoms with Crippen molar-refractivity contribution in [3.05, 3.63) is 29.3 Å². The predicted octanol–water partition coefficient (Wildman–Crippen LogP) is 1.71. The number of hydrogen-bond acceptors (Lipinski definition) is 3. The van der Waals surface area contributed by atoms with E-state index in [-0.39, 0.29) is 11.3 Å². The fourth-order valence-electron chi connectivity index (χ4n) is 1.28. The highest BCUT2D eigenvalue weighted by molar-refractivity contribution is 5.40. The van der Waals surface area contributed by atoms with Gasteiger partial charge in [-0.2, -0.15) is 13.2 Å². The lowest BCUT2D eigenvalue weighted by Crippen LogP contribution is -2.16. The summed E-state index contributed by atoms with van der Waals surface area (Å²) in [6, 6.07) is 2.65. The summed E-state index contributed by atoms with van der Waals surface area (Å²) >= 11 is 0. The van der Waals surface area contributed by atoms with Crippen LogP contribution >= 0.6 is 0 Å². The molecule has 0 heterocycles. The van der Waals surface area contributed by atoms with E-state index in [1.165, 1.54) is 12.1 Å². The van der Waals surface area contributed by atoms with Gasteiger partial charge in [-0.15, -0.1) is 0 Å². The van der Waals surface area contributed by atoms with Gasteiger partial charge < -0.3 is 15.6 Å². The van der Waals surface area contributed by atoms with Crippen molar-refractivity contribution >= 4 is 0 Å². The lowest BCUT2D eigenvalue weighted by Gasteiger charge is -2.15. The summed E-state index contributed by atoms with van der Waals surface area (Å²) in [6.07, 6.45) is -4.50. The van der Waals surface area contributed by atoms with Gasteiger partial charge in [-0.25, -0.2) is 0 Å². The highest BCUT2D eigenvalue weighted by atomic mass is 19.4. The molecule has 0 aliphatic carbocycles. The second kappa shape index (κ2) is 4.71. The van der Waals surface area contributed by atoms with Gasteiger partial charge >= 0.3 is 6.18 Å². The highest BCUT2D eigenvalue weighted by Crippen LogP contribution is 2.37. The minimum Gasteiger partial charge on any atom is -0.496 e. The van der Waals surface area contributed by atoms with E-state index in [0.717, 1.165) is 13.2 Å². The predicted molar refractivity (Wildman–Crippen MR) is 52.0 cm³/mol. The van der Waals surface area contributed by atoms with E-state index in [1.54, 1.807) is 0 Å². The molecule has 1 aromatic rings. The van der Waals surface area contributed by atoms with Crippen molar-refractivity contribution in [1.82, 2.24) is 0 Å². The molecule has 0 fully saturated rings. The number of alkyl halides is 3. The summed E-state index contributed by atoms with van der Waals surface area (Å²) in [6.45, 7) is -0.413. The van der Waals surface area contributed by atoms with Crippen LogP contribution < -0.4 is 10.5 Å². The summed E-state index contributed by atoms with van der Waals surface area (Å²) in [5.74, 6) is -0.263. The summed E-state index contributed by atoms with van der Waals surface area (Å²) < 4.78 is 42.4. The fraction of sp³-hybridized carbons (Fsp3) is 0.400. The Labute approximate surface area is 90.6 Å². The largest absolute Gasteiger partial charge is 0.496 e. The number of halogens is 3. The minimum absolute atomic E-state index is 0.218. The molecule has 3 N–H and O–H groups in total. The quantitative estimate of drug-likeness (QED) is 0.838. The lowest BCUT2D eigenvalue weighted by molar-refractivity contribution is -0.138. The lowest BCUT2D eigenvalue weighted by atomic mass is 10.0. The summed E-state index contributed by atoms with van der Waals surface area (Å²) in [4.78, 5) is 0. The first-order valence-corrected chi connectivity index (χ1v) is 4.51. The second-order valence-electron chi connectivity index (χ2n) is 3.25. The van der Waals surface area contributed by atoms with Crippen LogP contribution in [-0.2, 0) is 6.18 Å². The third-order valence-corrected chi connectivity index (χ3v) is 2.15. The van der Waals surface area contributed by atoms with Crippen LogP contribution in [-0.4, -0.2) is 18.8 Å². The molecule has 6 heteroatoms. The molecule has 0 unspecified atom stereocenters. The van der Waals surface area contributed by atoms with Crippen molar-refractivity contribution in [3.63, 3.8) is 0 Å². The number of hydrogen-bond donors (Lipinski definition) is 2. The fourth-order valence-corrected chi connectivity index (χ4v) is 1.28. The monoisotopic (exact) mass is 235 g/mol. The molecule has 3 nitrogen and oxygen atoms in total. The zero-order valence-corrected chi connectivity index (χ0v) is 8.58. The van der Waals surface area contributed by atoms with E-state index in [2.05, 4.69) is 4.74 Å². The van der Waals surface area contributed by atoms with Crippen LogP contribution in [0.1, 0.15) is 17.2 Å². The Kier molecular flexibility index (Phi) is 3.77. The zero-order chi connectivity index (χ0) is 12.3. The molecule has 0 saturated carbocycles. The van der Waals surface area contributed by atoms with Crippen molar-refractivity contribution in [2.24, 2.45) is 5.73 Å². The van der Waals surface area contributed by atoms with Gasteiger partial charge in [0.15, 0.2) is 0 Å². The van der Waals surface area contributed by atoms with Crippen molar-refractivity contribution in [2.75, 3.05) is 13.7 Å². The van der Waals surface area contributed by atoms with Crippen LogP contribution in [0.3, 0.4) is 0 Å². The summed E-state index contributed by atoms with van der Waals surface area (Å²) in [7, 11) is 1.16. The zero-order valence-electron chi connectivity index (χ0n) is 8.58. The Morgan fingerprint density at radius 1 is 1.44 bits per heavy atom. The average Bonchev–Trinajstić information content (AvgIpc) is 2.26. The Morgan fingerprint density at radius 2 is 2.06 bits per heavy atom. The minimum atomic E-state index is -4.50. The van der Waals surface area contributed by atoms with Crippen LogP contribution in [0.2, 0.25) is 0 Å². The normalized spacial score (nSPS) is 13.6. The first kappa shape index (κ1) is 12.8. The van der Waals surface area contributed by atoms with Gasteiger partial charge in [-0.3, -0.25) is 0 Å². The smallest absolute Gasteiger partial charge is 0.419 e. The van der Waals surface area contributed by atoms with Gasteiger partial charge in [0.25, 0.3) is 0 Å². The molecule has 0 aromatic heterocycles. The molecule has 0 amide bonds. The molecule has 1 rings (SSSR count). The van der Waals surface area contributed by atoms with Crippen LogP contribution in [0.5, 0.6) is 5.75 Å². The highest BCUT2D eigenvalue weighted by Gasteiger charge is 2.34. The maximum absolute atomic E-state index is 12.6. The van der Waals surface area contributed by atoms with Crippen molar-refractivity contribution < 1.29 is 23.0 Å². The first-order valence-electron chi connectivity index (χ1n) is 4.51. The molecular weight excluding hydrogens is 223 g/mol. The Hall–Kier alpha value is -1.27.